The number of nitrogens with zero attached hydrogens (tertiary/aromatic N) is 1. The van der Waals surface area contributed by atoms with Gasteiger partial charge in [0, 0.05) is 9.90 Å². The Morgan fingerprint density at radius 3 is 2.36 bits per heavy atom. The van der Waals surface area contributed by atoms with Crippen molar-refractivity contribution in [3.05, 3.63) is 46.3 Å². The summed E-state index contributed by atoms with van der Waals surface area (Å²) in [6.45, 7) is 0. The minimum atomic E-state index is 0.728. The van der Waals surface area contributed by atoms with E-state index in [2.05, 4.69) is 6.07 Å². The lowest BCUT2D eigenvalue weighted by molar-refractivity contribution is 1.52. The molecule has 0 fully saturated rings. The third-order valence-electron chi connectivity index (χ3n) is 1.84. The number of rotatable bonds is 1. The molecule has 1 aromatic carbocycles. The second-order valence-electron chi connectivity index (χ2n) is 2.78. The lowest BCUT2D eigenvalue weighted by Gasteiger charge is -1.95. The zero-order valence-corrected chi connectivity index (χ0v) is 8.77. The van der Waals surface area contributed by atoms with Gasteiger partial charge in [-0.1, -0.05) is 23.7 Å². The van der Waals surface area contributed by atoms with Crippen molar-refractivity contribution in [3.8, 4) is 16.5 Å². The summed E-state index contributed by atoms with van der Waals surface area (Å²) in [5, 5.41) is 9.41. The maximum Gasteiger partial charge on any atom is 0.110 e. The molecule has 1 nitrogen and oxygen atoms in total. The Hall–Kier alpha value is -1.30. The van der Waals surface area contributed by atoms with Gasteiger partial charge in [-0.15, -0.1) is 11.3 Å². The summed E-state index contributed by atoms with van der Waals surface area (Å²) in [6, 6.07) is 13.5. The standard InChI is InChI=1S/C11H6ClNS/c12-9-3-1-8(2-4-9)11-6-5-10(7-13)14-11/h1-6H. The van der Waals surface area contributed by atoms with Gasteiger partial charge in [0.05, 0.1) is 0 Å². The Bertz CT molecular complexity index is 479. The zero-order valence-electron chi connectivity index (χ0n) is 7.20. The maximum atomic E-state index is 8.68. The number of nitriles is 1. The summed E-state index contributed by atoms with van der Waals surface area (Å²) in [7, 11) is 0. The van der Waals surface area contributed by atoms with E-state index in [-0.39, 0.29) is 0 Å². The summed E-state index contributed by atoms with van der Waals surface area (Å²) < 4.78 is 0. The van der Waals surface area contributed by atoms with Gasteiger partial charge in [0.25, 0.3) is 0 Å². The molecular weight excluding hydrogens is 214 g/mol. The molecule has 68 valence electrons. The van der Waals surface area contributed by atoms with Crippen molar-refractivity contribution in [3.63, 3.8) is 0 Å². The fourth-order valence-electron chi connectivity index (χ4n) is 1.17. The Kier molecular flexibility index (Phi) is 2.53. The summed E-state index contributed by atoms with van der Waals surface area (Å²) in [5.74, 6) is 0. The summed E-state index contributed by atoms with van der Waals surface area (Å²) >= 11 is 7.27. The van der Waals surface area contributed by atoms with Crippen LogP contribution in [0.15, 0.2) is 36.4 Å². The molecule has 0 aliphatic carbocycles. The first-order valence-electron chi connectivity index (χ1n) is 4.05. The molecule has 2 aromatic rings. The first-order chi connectivity index (χ1) is 6.79. The van der Waals surface area contributed by atoms with Crippen LogP contribution in [0.1, 0.15) is 4.88 Å². The number of thiophene rings is 1. The predicted molar refractivity (Wildman–Crippen MR) is 59.5 cm³/mol. The van der Waals surface area contributed by atoms with Gasteiger partial charge in [-0.2, -0.15) is 5.26 Å². The maximum absolute atomic E-state index is 8.68. The topological polar surface area (TPSA) is 23.8 Å². The predicted octanol–water partition coefficient (Wildman–Crippen LogP) is 3.94. The van der Waals surface area contributed by atoms with Crippen LogP contribution in [-0.2, 0) is 0 Å². The van der Waals surface area contributed by atoms with Crippen molar-refractivity contribution in [2.75, 3.05) is 0 Å². The molecule has 0 radical (unpaired) electrons. The molecule has 0 aliphatic heterocycles. The Labute approximate surface area is 91.2 Å². The van der Waals surface area contributed by atoms with Gasteiger partial charge in [0.1, 0.15) is 10.9 Å². The van der Waals surface area contributed by atoms with Gasteiger partial charge in [-0.05, 0) is 29.8 Å². The molecule has 0 N–H and O–H groups in total. The first kappa shape index (κ1) is 9.26. The van der Waals surface area contributed by atoms with Crippen LogP contribution in [0, 0.1) is 11.3 Å². The van der Waals surface area contributed by atoms with Gasteiger partial charge in [-0.3, -0.25) is 0 Å². The van der Waals surface area contributed by atoms with Crippen molar-refractivity contribution in [1.29, 1.82) is 5.26 Å². The van der Waals surface area contributed by atoms with Gasteiger partial charge < -0.3 is 0 Å². The quantitative estimate of drug-likeness (QED) is 0.713. The SMILES string of the molecule is N#Cc1ccc(-c2ccc(Cl)cc2)s1. The Balaban J connectivity index is 2.40. The van der Waals surface area contributed by atoms with Crippen LogP contribution >= 0.6 is 22.9 Å². The van der Waals surface area contributed by atoms with E-state index in [1.54, 1.807) is 0 Å². The van der Waals surface area contributed by atoms with Crippen LogP contribution < -0.4 is 0 Å². The second-order valence-corrected chi connectivity index (χ2v) is 4.30. The van der Waals surface area contributed by atoms with E-state index in [1.807, 2.05) is 36.4 Å². The van der Waals surface area contributed by atoms with Crippen LogP contribution in [0.3, 0.4) is 0 Å². The largest absolute Gasteiger partial charge is 0.192 e. The average molecular weight is 220 g/mol. The highest BCUT2D eigenvalue weighted by Gasteiger charge is 2.01. The van der Waals surface area contributed by atoms with Crippen molar-refractivity contribution >= 4 is 22.9 Å². The molecular formula is C11H6ClNS. The molecule has 0 spiro atoms. The van der Waals surface area contributed by atoms with Crippen LogP contribution in [0.5, 0.6) is 0 Å². The molecule has 0 bridgehead atoms. The van der Waals surface area contributed by atoms with Crippen LogP contribution in [0.25, 0.3) is 10.4 Å². The second kappa shape index (κ2) is 3.83. The molecule has 1 heterocycles. The van der Waals surface area contributed by atoms with E-state index in [9.17, 15) is 0 Å². The Morgan fingerprint density at radius 1 is 1.07 bits per heavy atom. The lowest BCUT2D eigenvalue weighted by atomic mass is 10.2. The van der Waals surface area contributed by atoms with Crippen molar-refractivity contribution in [2.45, 2.75) is 0 Å². The van der Waals surface area contributed by atoms with Crippen LogP contribution in [-0.4, -0.2) is 0 Å². The van der Waals surface area contributed by atoms with Crippen LogP contribution in [0.2, 0.25) is 5.02 Å². The number of hydrogen-bond acceptors (Lipinski definition) is 2. The minimum Gasteiger partial charge on any atom is -0.192 e. The van der Waals surface area contributed by atoms with Gasteiger partial charge in [0.15, 0.2) is 0 Å². The number of hydrogen-bond donors (Lipinski definition) is 0. The minimum absolute atomic E-state index is 0.728. The third-order valence-corrected chi connectivity index (χ3v) is 3.14. The normalized spacial score (nSPS) is 9.71. The molecule has 2 rings (SSSR count). The van der Waals surface area contributed by atoms with E-state index >= 15 is 0 Å². The average Bonchev–Trinajstić information content (AvgIpc) is 2.67. The monoisotopic (exact) mass is 219 g/mol. The molecule has 0 unspecified atom stereocenters. The molecule has 0 amide bonds. The molecule has 0 saturated carbocycles. The van der Waals surface area contributed by atoms with E-state index in [4.69, 9.17) is 16.9 Å². The highest BCUT2D eigenvalue weighted by molar-refractivity contribution is 7.16. The molecule has 0 aliphatic rings. The smallest absolute Gasteiger partial charge is 0.110 e. The van der Waals surface area contributed by atoms with Crippen molar-refractivity contribution in [2.24, 2.45) is 0 Å². The number of halogens is 1. The molecule has 0 saturated heterocycles. The van der Waals surface area contributed by atoms with Gasteiger partial charge in [-0.25, -0.2) is 0 Å². The van der Waals surface area contributed by atoms with Gasteiger partial charge >= 0.3 is 0 Å². The number of benzene rings is 1. The first-order valence-corrected chi connectivity index (χ1v) is 5.25. The molecule has 0 atom stereocenters. The van der Waals surface area contributed by atoms with E-state index in [1.165, 1.54) is 11.3 Å². The summed E-state index contributed by atoms with van der Waals surface area (Å²) in [4.78, 5) is 1.83. The molecule has 1 aromatic heterocycles. The zero-order chi connectivity index (χ0) is 9.97. The fraction of sp³-hybridized carbons (Fsp3) is 0. The van der Waals surface area contributed by atoms with E-state index in [0.29, 0.717) is 0 Å². The highest BCUT2D eigenvalue weighted by Crippen LogP contribution is 2.28. The Morgan fingerprint density at radius 2 is 1.79 bits per heavy atom. The fourth-order valence-corrected chi connectivity index (χ4v) is 2.10. The molecule has 3 heteroatoms. The summed E-state index contributed by atoms with van der Waals surface area (Å²) in [6.07, 6.45) is 0. The highest BCUT2D eigenvalue weighted by atomic mass is 35.5. The van der Waals surface area contributed by atoms with Gasteiger partial charge in [0.2, 0.25) is 0 Å². The van der Waals surface area contributed by atoms with Crippen molar-refractivity contribution < 1.29 is 0 Å². The van der Waals surface area contributed by atoms with E-state index in [0.717, 1.165) is 20.3 Å². The lowest BCUT2D eigenvalue weighted by Crippen LogP contribution is -1.69. The third kappa shape index (κ3) is 1.79. The van der Waals surface area contributed by atoms with Crippen molar-refractivity contribution in [1.82, 2.24) is 0 Å². The molecule has 14 heavy (non-hydrogen) atoms. The van der Waals surface area contributed by atoms with E-state index < -0.39 is 0 Å². The summed E-state index contributed by atoms with van der Waals surface area (Å²) in [5.41, 5.74) is 1.10. The van der Waals surface area contributed by atoms with Crippen LogP contribution in [0.4, 0.5) is 0 Å².